The van der Waals surface area contributed by atoms with E-state index in [2.05, 4.69) is 24.5 Å². The highest BCUT2D eigenvalue weighted by atomic mass is 35.5. The molecule has 0 aliphatic heterocycles. The van der Waals surface area contributed by atoms with Crippen molar-refractivity contribution in [1.82, 2.24) is 0 Å². The van der Waals surface area contributed by atoms with Crippen LogP contribution in [0.2, 0.25) is 10.0 Å². The molecule has 0 aliphatic rings. The number of hydrogen-bond acceptors (Lipinski definition) is 3. The van der Waals surface area contributed by atoms with E-state index in [1.54, 1.807) is 6.07 Å². The van der Waals surface area contributed by atoms with Gasteiger partial charge in [-0.15, -0.1) is 0 Å². The van der Waals surface area contributed by atoms with Crippen molar-refractivity contribution in [2.45, 2.75) is 13.8 Å². The first kappa shape index (κ1) is 17.8. The van der Waals surface area contributed by atoms with Crippen LogP contribution in [0.1, 0.15) is 13.8 Å². The van der Waals surface area contributed by atoms with E-state index in [1.165, 1.54) is 0 Å². The molecule has 2 rings (SSSR count). The summed E-state index contributed by atoms with van der Waals surface area (Å²) in [4.78, 5) is 0. The van der Waals surface area contributed by atoms with Gasteiger partial charge in [-0.25, -0.2) is 0 Å². The van der Waals surface area contributed by atoms with Crippen molar-refractivity contribution in [2.24, 2.45) is 5.92 Å². The normalized spacial score (nSPS) is 10.7. The molecule has 0 unspecified atom stereocenters. The second kappa shape index (κ2) is 8.90. The fraction of sp³-hybridized carbons (Fsp3) is 0.333. The molecule has 0 atom stereocenters. The SMILES string of the molecule is CC(C)COc1cccc(NCCNc2ccc(Cl)cc2Cl)c1. The van der Waals surface area contributed by atoms with Crippen LogP contribution in [0.3, 0.4) is 0 Å². The molecule has 5 heteroatoms. The highest BCUT2D eigenvalue weighted by molar-refractivity contribution is 6.36. The second-order valence-corrected chi connectivity index (χ2v) is 6.55. The van der Waals surface area contributed by atoms with E-state index < -0.39 is 0 Å². The Balaban J connectivity index is 1.78. The summed E-state index contributed by atoms with van der Waals surface area (Å²) in [5, 5.41) is 7.91. The number of nitrogens with one attached hydrogen (secondary N) is 2. The fourth-order valence-electron chi connectivity index (χ4n) is 2.00. The molecular formula is C18H22Cl2N2O. The molecule has 0 aromatic heterocycles. The molecular weight excluding hydrogens is 331 g/mol. The van der Waals surface area contributed by atoms with Gasteiger partial charge in [0.15, 0.2) is 0 Å². The number of ether oxygens (including phenoxy) is 1. The van der Waals surface area contributed by atoms with E-state index in [0.717, 1.165) is 36.8 Å². The van der Waals surface area contributed by atoms with Crippen molar-refractivity contribution in [3.63, 3.8) is 0 Å². The zero-order valence-electron chi connectivity index (χ0n) is 13.4. The van der Waals surface area contributed by atoms with E-state index in [4.69, 9.17) is 27.9 Å². The fourth-order valence-corrected chi connectivity index (χ4v) is 2.47. The van der Waals surface area contributed by atoms with Crippen LogP contribution in [0.4, 0.5) is 11.4 Å². The first-order valence-electron chi connectivity index (χ1n) is 7.70. The number of hydrogen-bond donors (Lipinski definition) is 2. The lowest BCUT2D eigenvalue weighted by molar-refractivity contribution is 0.271. The Hall–Kier alpha value is -1.58. The summed E-state index contributed by atoms with van der Waals surface area (Å²) < 4.78 is 5.73. The maximum atomic E-state index is 6.12. The predicted molar refractivity (Wildman–Crippen MR) is 100 cm³/mol. The van der Waals surface area contributed by atoms with Crippen molar-refractivity contribution in [2.75, 3.05) is 30.3 Å². The number of halogens is 2. The van der Waals surface area contributed by atoms with Gasteiger partial charge in [-0.05, 0) is 36.2 Å². The maximum Gasteiger partial charge on any atom is 0.121 e. The molecule has 2 aromatic rings. The van der Waals surface area contributed by atoms with Gasteiger partial charge in [-0.1, -0.05) is 43.1 Å². The monoisotopic (exact) mass is 352 g/mol. The minimum Gasteiger partial charge on any atom is -0.493 e. The van der Waals surface area contributed by atoms with Crippen LogP contribution in [0.15, 0.2) is 42.5 Å². The van der Waals surface area contributed by atoms with Crippen molar-refractivity contribution >= 4 is 34.6 Å². The standard InChI is InChI=1S/C18H22Cl2N2O/c1-13(2)12-23-16-5-3-4-15(11-16)21-8-9-22-18-7-6-14(19)10-17(18)20/h3-7,10-11,13,21-22H,8-9,12H2,1-2H3. The summed E-state index contributed by atoms with van der Waals surface area (Å²) in [6, 6.07) is 13.4. The van der Waals surface area contributed by atoms with Gasteiger partial charge in [0.1, 0.15) is 5.75 Å². The van der Waals surface area contributed by atoms with E-state index in [-0.39, 0.29) is 0 Å². The molecule has 124 valence electrons. The van der Waals surface area contributed by atoms with E-state index in [1.807, 2.05) is 36.4 Å². The van der Waals surface area contributed by atoms with Crippen LogP contribution in [0.25, 0.3) is 0 Å². The lowest BCUT2D eigenvalue weighted by Crippen LogP contribution is -2.14. The lowest BCUT2D eigenvalue weighted by atomic mass is 10.2. The van der Waals surface area contributed by atoms with Crippen LogP contribution < -0.4 is 15.4 Å². The first-order chi connectivity index (χ1) is 11.0. The smallest absolute Gasteiger partial charge is 0.121 e. The molecule has 2 aromatic carbocycles. The Labute approximate surface area is 147 Å². The molecule has 2 N–H and O–H groups in total. The molecule has 0 radical (unpaired) electrons. The number of benzene rings is 2. The Morgan fingerprint density at radius 3 is 2.52 bits per heavy atom. The Morgan fingerprint density at radius 1 is 1.00 bits per heavy atom. The minimum absolute atomic E-state index is 0.514. The zero-order valence-corrected chi connectivity index (χ0v) is 14.9. The molecule has 3 nitrogen and oxygen atoms in total. The summed E-state index contributed by atoms with van der Waals surface area (Å²) in [5.41, 5.74) is 1.92. The molecule has 0 aliphatic carbocycles. The van der Waals surface area contributed by atoms with E-state index in [9.17, 15) is 0 Å². The number of anilines is 2. The summed E-state index contributed by atoms with van der Waals surface area (Å²) in [5.74, 6) is 1.40. The third-order valence-corrected chi connectivity index (χ3v) is 3.67. The lowest BCUT2D eigenvalue weighted by Gasteiger charge is -2.12. The van der Waals surface area contributed by atoms with Crippen LogP contribution in [0, 0.1) is 5.92 Å². The average molecular weight is 353 g/mol. The van der Waals surface area contributed by atoms with Crippen LogP contribution in [-0.4, -0.2) is 19.7 Å². The highest BCUT2D eigenvalue weighted by Crippen LogP contribution is 2.25. The number of rotatable bonds is 8. The zero-order chi connectivity index (χ0) is 16.7. The Morgan fingerprint density at radius 2 is 1.78 bits per heavy atom. The van der Waals surface area contributed by atoms with Crippen LogP contribution in [0.5, 0.6) is 5.75 Å². The van der Waals surface area contributed by atoms with Crippen LogP contribution in [-0.2, 0) is 0 Å². The van der Waals surface area contributed by atoms with Crippen LogP contribution >= 0.6 is 23.2 Å². The van der Waals surface area contributed by atoms with Gasteiger partial charge in [0.05, 0.1) is 17.3 Å². The second-order valence-electron chi connectivity index (χ2n) is 5.71. The maximum absolute atomic E-state index is 6.12. The van der Waals surface area contributed by atoms with Gasteiger partial charge >= 0.3 is 0 Å². The summed E-state index contributed by atoms with van der Waals surface area (Å²) in [7, 11) is 0. The van der Waals surface area contributed by atoms with E-state index in [0.29, 0.717) is 16.0 Å². The minimum atomic E-state index is 0.514. The molecule has 0 fully saturated rings. The van der Waals surface area contributed by atoms with Crippen molar-refractivity contribution in [3.05, 3.63) is 52.5 Å². The van der Waals surface area contributed by atoms with Gasteiger partial charge < -0.3 is 15.4 Å². The topological polar surface area (TPSA) is 33.3 Å². The average Bonchev–Trinajstić information content (AvgIpc) is 2.51. The van der Waals surface area contributed by atoms with Gasteiger partial charge in [0.2, 0.25) is 0 Å². The van der Waals surface area contributed by atoms with Crippen molar-refractivity contribution < 1.29 is 4.74 Å². The van der Waals surface area contributed by atoms with Gasteiger partial charge in [-0.3, -0.25) is 0 Å². The third kappa shape index (κ3) is 6.20. The summed E-state index contributed by atoms with van der Waals surface area (Å²) >= 11 is 12.0. The largest absolute Gasteiger partial charge is 0.493 e. The molecule has 0 saturated heterocycles. The van der Waals surface area contributed by atoms with Gasteiger partial charge in [-0.2, -0.15) is 0 Å². The molecule has 0 amide bonds. The Bertz CT molecular complexity index is 632. The molecule has 0 spiro atoms. The van der Waals surface area contributed by atoms with Gasteiger partial charge in [0.25, 0.3) is 0 Å². The van der Waals surface area contributed by atoms with Gasteiger partial charge in [0, 0.05) is 29.9 Å². The first-order valence-corrected chi connectivity index (χ1v) is 8.46. The Kier molecular flexibility index (Phi) is 6.87. The van der Waals surface area contributed by atoms with Crippen molar-refractivity contribution in [1.29, 1.82) is 0 Å². The molecule has 0 saturated carbocycles. The highest BCUT2D eigenvalue weighted by Gasteiger charge is 2.01. The summed E-state index contributed by atoms with van der Waals surface area (Å²) in [6.07, 6.45) is 0. The third-order valence-electron chi connectivity index (χ3n) is 3.12. The predicted octanol–water partition coefficient (Wildman–Crippen LogP) is 5.55. The molecule has 0 bridgehead atoms. The molecule has 23 heavy (non-hydrogen) atoms. The summed E-state index contributed by atoms with van der Waals surface area (Å²) in [6.45, 7) is 6.51. The van der Waals surface area contributed by atoms with E-state index >= 15 is 0 Å². The molecule has 0 heterocycles. The quantitative estimate of drug-likeness (QED) is 0.610. The van der Waals surface area contributed by atoms with Crippen molar-refractivity contribution in [3.8, 4) is 5.75 Å².